The number of alkyl halides is 3. The number of sulfonamides is 1. The van der Waals surface area contributed by atoms with Gasteiger partial charge < -0.3 is 4.90 Å². The van der Waals surface area contributed by atoms with Crippen LogP contribution in [-0.2, 0) is 16.2 Å². The molecular weight excluding hydrogens is 341 g/mol. The lowest BCUT2D eigenvalue weighted by Crippen LogP contribution is -2.31. The van der Waals surface area contributed by atoms with E-state index < -0.39 is 21.8 Å². The van der Waals surface area contributed by atoms with Crippen molar-refractivity contribution < 1.29 is 21.6 Å². The first-order valence-corrected chi connectivity index (χ1v) is 9.70. The van der Waals surface area contributed by atoms with E-state index in [4.69, 9.17) is 0 Å². The molecule has 1 aromatic rings. The van der Waals surface area contributed by atoms with Crippen molar-refractivity contribution in [2.75, 3.05) is 28.5 Å². The predicted octanol–water partition coefficient (Wildman–Crippen LogP) is 4.09. The van der Waals surface area contributed by atoms with Crippen LogP contribution >= 0.6 is 0 Å². The lowest BCUT2D eigenvalue weighted by atomic mass is 10.1. The van der Waals surface area contributed by atoms with Gasteiger partial charge in [-0.05, 0) is 43.4 Å². The Morgan fingerprint density at radius 3 is 2.33 bits per heavy atom. The Labute approximate surface area is 141 Å². The molecule has 0 saturated carbocycles. The molecule has 8 heteroatoms. The first-order valence-electron chi connectivity index (χ1n) is 8.05. The van der Waals surface area contributed by atoms with Crippen LogP contribution in [0, 0.1) is 5.92 Å². The number of hydrogen-bond donors (Lipinski definition) is 1. The van der Waals surface area contributed by atoms with Crippen LogP contribution in [0.5, 0.6) is 0 Å². The van der Waals surface area contributed by atoms with Crippen molar-refractivity contribution in [3.63, 3.8) is 0 Å². The Kier molecular flexibility index (Phi) is 5.67. The maximum absolute atomic E-state index is 13.0. The summed E-state index contributed by atoms with van der Waals surface area (Å²) in [6.07, 6.45) is -1.55. The molecule has 1 aliphatic rings. The highest BCUT2D eigenvalue weighted by Gasteiger charge is 2.32. The van der Waals surface area contributed by atoms with Gasteiger partial charge in [0.05, 0.1) is 22.7 Å². The molecule has 0 spiro atoms. The average molecular weight is 364 g/mol. The number of piperidine rings is 1. The molecule has 0 amide bonds. The van der Waals surface area contributed by atoms with Crippen LogP contribution < -0.4 is 9.62 Å². The van der Waals surface area contributed by atoms with E-state index in [1.165, 1.54) is 6.07 Å². The summed E-state index contributed by atoms with van der Waals surface area (Å²) in [5, 5.41) is 0. The monoisotopic (exact) mass is 364 g/mol. The Bertz CT molecular complexity index is 666. The van der Waals surface area contributed by atoms with Gasteiger partial charge >= 0.3 is 6.18 Å². The number of benzene rings is 1. The zero-order valence-corrected chi connectivity index (χ0v) is 14.7. The molecule has 136 valence electrons. The minimum Gasteiger partial charge on any atom is -0.370 e. The van der Waals surface area contributed by atoms with Crippen LogP contribution in [0.4, 0.5) is 24.5 Å². The number of nitrogens with one attached hydrogen (secondary N) is 1. The summed E-state index contributed by atoms with van der Waals surface area (Å²) in [5.41, 5.74) is -0.340. The summed E-state index contributed by atoms with van der Waals surface area (Å²) in [5.74, 6) is -0.255. The third kappa shape index (κ3) is 5.03. The Balaban J connectivity index is 2.39. The maximum Gasteiger partial charge on any atom is 0.416 e. The summed E-state index contributed by atoms with van der Waals surface area (Å²) < 4.78 is 65.7. The molecule has 1 aromatic carbocycles. The molecule has 1 aliphatic heterocycles. The van der Waals surface area contributed by atoms with Gasteiger partial charge in [-0.3, -0.25) is 4.72 Å². The standard InChI is InChI=1S/C16H23F3N2O2S/c1-12(2)11-24(22,23)20-14-10-13(16(17,18)19)6-7-15(14)21-8-4-3-5-9-21/h6-7,10,12,20H,3-5,8-9,11H2,1-2H3. The molecule has 24 heavy (non-hydrogen) atoms. The summed E-state index contributed by atoms with van der Waals surface area (Å²) in [7, 11) is -3.70. The molecule has 0 unspecified atom stereocenters. The Morgan fingerprint density at radius 1 is 1.17 bits per heavy atom. The summed E-state index contributed by atoms with van der Waals surface area (Å²) >= 11 is 0. The SMILES string of the molecule is CC(C)CS(=O)(=O)Nc1cc(C(F)(F)F)ccc1N1CCCCC1. The first kappa shape index (κ1) is 18.9. The quantitative estimate of drug-likeness (QED) is 0.856. The minimum atomic E-state index is -4.52. The molecule has 2 rings (SSSR count). The molecule has 0 radical (unpaired) electrons. The summed E-state index contributed by atoms with van der Waals surface area (Å²) in [6.45, 7) is 4.92. The predicted molar refractivity (Wildman–Crippen MR) is 89.8 cm³/mol. The lowest BCUT2D eigenvalue weighted by Gasteiger charge is -2.31. The van der Waals surface area contributed by atoms with Gasteiger partial charge in [0.2, 0.25) is 10.0 Å². The van der Waals surface area contributed by atoms with Crippen molar-refractivity contribution in [3.8, 4) is 0 Å². The zero-order chi connectivity index (χ0) is 18.0. The molecular formula is C16H23F3N2O2S. The van der Waals surface area contributed by atoms with Crippen LogP contribution in [0.25, 0.3) is 0 Å². The molecule has 1 heterocycles. The van der Waals surface area contributed by atoms with Crippen molar-refractivity contribution in [2.45, 2.75) is 39.3 Å². The summed E-state index contributed by atoms with van der Waals surface area (Å²) in [4.78, 5) is 1.94. The van der Waals surface area contributed by atoms with Crippen molar-refractivity contribution in [1.82, 2.24) is 0 Å². The van der Waals surface area contributed by atoms with Crippen LogP contribution in [0.3, 0.4) is 0 Å². The van der Waals surface area contributed by atoms with Crippen molar-refractivity contribution in [2.24, 2.45) is 5.92 Å². The number of rotatable bonds is 5. The first-order chi connectivity index (χ1) is 11.1. The lowest BCUT2D eigenvalue weighted by molar-refractivity contribution is -0.137. The average Bonchev–Trinajstić information content (AvgIpc) is 2.45. The van der Waals surface area contributed by atoms with Gasteiger partial charge in [-0.15, -0.1) is 0 Å². The van der Waals surface area contributed by atoms with E-state index in [1.807, 2.05) is 4.90 Å². The van der Waals surface area contributed by atoms with Gasteiger partial charge in [0, 0.05) is 13.1 Å². The third-order valence-electron chi connectivity index (χ3n) is 3.84. The Morgan fingerprint density at radius 2 is 1.79 bits per heavy atom. The van der Waals surface area contributed by atoms with E-state index in [2.05, 4.69) is 4.72 Å². The highest BCUT2D eigenvalue weighted by atomic mass is 32.2. The number of nitrogens with zero attached hydrogens (tertiary/aromatic N) is 1. The molecule has 1 fully saturated rings. The highest BCUT2D eigenvalue weighted by molar-refractivity contribution is 7.92. The number of hydrogen-bond acceptors (Lipinski definition) is 3. The second-order valence-corrected chi connectivity index (χ2v) is 8.32. The maximum atomic E-state index is 13.0. The summed E-state index contributed by atoms with van der Waals surface area (Å²) in [6, 6.07) is 3.26. The van der Waals surface area contributed by atoms with Crippen LogP contribution in [-0.4, -0.2) is 27.3 Å². The van der Waals surface area contributed by atoms with Crippen LogP contribution in [0.1, 0.15) is 38.7 Å². The van der Waals surface area contributed by atoms with Crippen LogP contribution in [0.2, 0.25) is 0 Å². The largest absolute Gasteiger partial charge is 0.416 e. The fraction of sp³-hybridized carbons (Fsp3) is 0.625. The number of anilines is 2. The third-order valence-corrected chi connectivity index (χ3v) is 5.48. The van der Waals surface area contributed by atoms with Crippen LogP contribution in [0.15, 0.2) is 18.2 Å². The van der Waals surface area contributed by atoms with Gasteiger partial charge in [0.15, 0.2) is 0 Å². The smallest absolute Gasteiger partial charge is 0.370 e. The van der Waals surface area contributed by atoms with E-state index in [0.717, 1.165) is 31.4 Å². The molecule has 4 nitrogen and oxygen atoms in total. The molecule has 0 bridgehead atoms. The zero-order valence-electron chi connectivity index (χ0n) is 13.9. The van der Waals surface area contributed by atoms with Gasteiger partial charge in [0.25, 0.3) is 0 Å². The molecule has 0 atom stereocenters. The highest BCUT2D eigenvalue weighted by Crippen LogP contribution is 2.36. The van der Waals surface area contributed by atoms with E-state index in [1.54, 1.807) is 13.8 Å². The molecule has 1 N–H and O–H groups in total. The van der Waals surface area contributed by atoms with Crippen molar-refractivity contribution in [1.29, 1.82) is 0 Å². The van der Waals surface area contributed by atoms with E-state index in [0.29, 0.717) is 18.8 Å². The van der Waals surface area contributed by atoms with E-state index >= 15 is 0 Å². The molecule has 0 aromatic heterocycles. The second kappa shape index (κ2) is 7.21. The van der Waals surface area contributed by atoms with Crippen molar-refractivity contribution >= 4 is 21.4 Å². The van der Waals surface area contributed by atoms with Crippen molar-refractivity contribution in [3.05, 3.63) is 23.8 Å². The van der Waals surface area contributed by atoms with Gasteiger partial charge in [-0.2, -0.15) is 13.2 Å². The van der Waals surface area contributed by atoms with Gasteiger partial charge in [-0.25, -0.2) is 8.42 Å². The Hall–Kier alpha value is -1.44. The minimum absolute atomic E-state index is 0.00683. The fourth-order valence-corrected chi connectivity index (χ4v) is 4.31. The number of halogens is 3. The normalized spacial score (nSPS) is 16.5. The second-order valence-electron chi connectivity index (χ2n) is 6.55. The fourth-order valence-electron chi connectivity index (χ4n) is 2.85. The molecule has 1 saturated heterocycles. The van der Waals surface area contributed by atoms with E-state index in [-0.39, 0.29) is 17.4 Å². The van der Waals surface area contributed by atoms with Gasteiger partial charge in [0.1, 0.15) is 0 Å². The topological polar surface area (TPSA) is 49.4 Å². The van der Waals surface area contributed by atoms with E-state index in [9.17, 15) is 21.6 Å². The van der Waals surface area contributed by atoms with Gasteiger partial charge in [-0.1, -0.05) is 13.8 Å². The molecule has 0 aliphatic carbocycles.